The van der Waals surface area contributed by atoms with Crippen LogP contribution in [-0.2, 0) is 23.8 Å². The van der Waals surface area contributed by atoms with Gasteiger partial charge in [-0.15, -0.1) is 0 Å². The smallest absolute Gasteiger partial charge is 0.323 e. The molecule has 4 atom stereocenters. The minimum absolute atomic E-state index is 0.0195. The van der Waals surface area contributed by atoms with Crippen LogP contribution in [0.3, 0.4) is 0 Å². The molecule has 8 heteroatoms. The second-order valence-electron chi connectivity index (χ2n) is 7.69. The summed E-state index contributed by atoms with van der Waals surface area (Å²) in [6.07, 6.45) is 1.35. The molecule has 8 nitrogen and oxygen atoms in total. The molecule has 0 radical (unpaired) electrons. The first-order valence-electron chi connectivity index (χ1n) is 8.95. The highest BCUT2D eigenvalue weighted by Crippen LogP contribution is 2.73. The number of ether oxygens (including phenoxy) is 3. The fourth-order valence-corrected chi connectivity index (χ4v) is 5.25. The molecule has 144 valence electrons. The number of para-hydroxylation sites is 1. The van der Waals surface area contributed by atoms with E-state index in [1.165, 1.54) is 20.3 Å². The molecule has 3 fully saturated rings. The van der Waals surface area contributed by atoms with Crippen LogP contribution in [0.1, 0.15) is 37.4 Å². The summed E-state index contributed by atoms with van der Waals surface area (Å²) in [5, 5.41) is 11.4. The maximum atomic E-state index is 12.5. The number of hydrogen-bond acceptors (Lipinski definition) is 7. The van der Waals surface area contributed by atoms with Gasteiger partial charge in [0.2, 0.25) is 0 Å². The fraction of sp³-hybridized carbons (Fsp3) is 0.579. The summed E-state index contributed by atoms with van der Waals surface area (Å²) in [6.45, 7) is 0. The van der Waals surface area contributed by atoms with Gasteiger partial charge >= 0.3 is 11.9 Å². The SMILES string of the molecule is COC(=O)C1(C(=O)OC)CC[C@H]2[C@H](c3ccccc3[N+](=O)[O-])OC3C[C@@]32C1. The standard InChI is InChI=1S/C19H21NO7/c1-25-16(21)18(17(22)26-2)8-7-12-15(27-14-9-19(12,14)10-18)11-5-3-4-6-13(11)20(23)24/h3-6,12,14-15H,7-10H2,1-2H3/t12-,14?,15-,19-/m0/s1. The molecular formula is C19H21NO7. The Labute approximate surface area is 155 Å². The third-order valence-electron chi connectivity index (χ3n) is 6.57. The van der Waals surface area contributed by atoms with Crippen LogP contribution in [-0.4, -0.2) is 37.2 Å². The van der Waals surface area contributed by atoms with Crippen molar-refractivity contribution in [1.29, 1.82) is 0 Å². The second kappa shape index (κ2) is 6.02. The van der Waals surface area contributed by atoms with Crippen molar-refractivity contribution < 1.29 is 28.7 Å². The van der Waals surface area contributed by atoms with Crippen molar-refractivity contribution >= 4 is 17.6 Å². The lowest BCUT2D eigenvalue weighted by Gasteiger charge is -2.40. The Bertz CT molecular complexity index is 806. The Hall–Kier alpha value is -2.48. The lowest BCUT2D eigenvalue weighted by molar-refractivity contribution is -0.386. The zero-order chi connectivity index (χ0) is 19.4. The Kier molecular flexibility index (Phi) is 3.99. The Morgan fingerprint density at radius 1 is 1.22 bits per heavy atom. The van der Waals surface area contributed by atoms with Gasteiger partial charge in [0.1, 0.15) is 0 Å². The van der Waals surface area contributed by atoms with E-state index in [-0.39, 0.29) is 29.5 Å². The number of methoxy groups -OCH3 is 2. The van der Waals surface area contributed by atoms with Gasteiger partial charge in [-0.3, -0.25) is 19.7 Å². The van der Waals surface area contributed by atoms with Gasteiger partial charge in [-0.05, 0) is 37.7 Å². The van der Waals surface area contributed by atoms with E-state index in [0.717, 1.165) is 6.42 Å². The number of benzene rings is 1. The quantitative estimate of drug-likeness (QED) is 0.345. The average Bonchev–Trinajstić information content (AvgIpc) is 3.26. The highest BCUT2D eigenvalue weighted by atomic mass is 16.6. The predicted octanol–water partition coefficient (Wildman–Crippen LogP) is 2.56. The molecule has 1 aromatic carbocycles. The number of esters is 2. The third-order valence-corrected chi connectivity index (χ3v) is 6.57. The molecular weight excluding hydrogens is 354 g/mol. The Morgan fingerprint density at radius 2 is 1.89 bits per heavy atom. The Morgan fingerprint density at radius 3 is 2.52 bits per heavy atom. The van der Waals surface area contributed by atoms with Gasteiger partial charge in [0.15, 0.2) is 5.41 Å². The molecule has 3 aliphatic rings. The molecule has 0 aromatic heterocycles. The van der Waals surface area contributed by atoms with Crippen molar-refractivity contribution in [1.82, 2.24) is 0 Å². The van der Waals surface area contributed by atoms with E-state index < -0.39 is 28.4 Å². The zero-order valence-corrected chi connectivity index (χ0v) is 15.2. The van der Waals surface area contributed by atoms with E-state index in [4.69, 9.17) is 14.2 Å². The molecule has 2 aliphatic carbocycles. The maximum absolute atomic E-state index is 12.5. The Balaban J connectivity index is 1.68. The maximum Gasteiger partial charge on any atom is 0.323 e. The topological polar surface area (TPSA) is 105 Å². The van der Waals surface area contributed by atoms with Crippen LogP contribution in [0.5, 0.6) is 0 Å². The minimum atomic E-state index is -1.32. The molecule has 0 amide bonds. The number of nitrogens with zero attached hydrogens (tertiary/aromatic N) is 1. The number of carbonyl (C=O) groups is 2. The van der Waals surface area contributed by atoms with Gasteiger partial charge in [0.25, 0.3) is 5.69 Å². The van der Waals surface area contributed by atoms with E-state index in [0.29, 0.717) is 18.4 Å². The van der Waals surface area contributed by atoms with Crippen molar-refractivity contribution in [2.45, 2.75) is 37.9 Å². The molecule has 4 rings (SSSR count). The third kappa shape index (κ3) is 2.39. The number of rotatable bonds is 4. The van der Waals surface area contributed by atoms with E-state index in [1.54, 1.807) is 18.2 Å². The number of nitro benzene ring substituents is 1. The number of nitro groups is 1. The molecule has 1 unspecified atom stereocenters. The molecule has 1 aliphatic heterocycles. The van der Waals surface area contributed by atoms with Gasteiger partial charge in [-0.1, -0.05) is 12.1 Å². The minimum Gasteiger partial charge on any atom is -0.468 e. The van der Waals surface area contributed by atoms with Crippen molar-refractivity contribution in [2.75, 3.05) is 14.2 Å². The van der Waals surface area contributed by atoms with Crippen molar-refractivity contribution in [3.05, 3.63) is 39.9 Å². The molecule has 0 N–H and O–H groups in total. The van der Waals surface area contributed by atoms with Crippen LogP contribution >= 0.6 is 0 Å². The molecule has 1 spiro atoms. The number of hydrogen-bond donors (Lipinski definition) is 0. The van der Waals surface area contributed by atoms with Gasteiger partial charge < -0.3 is 14.2 Å². The summed E-state index contributed by atoms with van der Waals surface area (Å²) < 4.78 is 16.0. The van der Waals surface area contributed by atoms with E-state index >= 15 is 0 Å². The average molecular weight is 375 g/mol. The fourth-order valence-electron chi connectivity index (χ4n) is 5.25. The highest BCUT2D eigenvalue weighted by Gasteiger charge is 2.74. The van der Waals surface area contributed by atoms with Gasteiger partial charge in [0, 0.05) is 11.5 Å². The zero-order valence-electron chi connectivity index (χ0n) is 15.2. The van der Waals surface area contributed by atoms with Gasteiger partial charge in [0.05, 0.1) is 36.9 Å². The summed E-state index contributed by atoms with van der Waals surface area (Å²) in [5.41, 5.74) is -1.07. The molecule has 1 saturated heterocycles. The largest absolute Gasteiger partial charge is 0.468 e. The predicted molar refractivity (Wildman–Crippen MR) is 91.6 cm³/mol. The van der Waals surface area contributed by atoms with Crippen LogP contribution < -0.4 is 0 Å². The number of carbonyl (C=O) groups excluding carboxylic acids is 2. The highest BCUT2D eigenvalue weighted by molar-refractivity contribution is 6.00. The van der Waals surface area contributed by atoms with Crippen LogP contribution in [0, 0.1) is 26.9 Å². The van der Waals surface area contributed by atoms with E-state index in [2.05, 4.69) is 0 Å². The first-order chi connectivity index (χ1) is 12.9. The second-order valence-corrected chi connectivity index (χ2v) is 7.69. The van der Waals surface area contributed by atoms with Crippen LogP contribution in [0.25, 0.3) is 0 Å². The van der Waals surface area contributed by atoms with Crippen LogP contribution in [0.4, 0.5) is 5.69 Å². The summed E-state index contributed by atoms with van der Waals surface area (Å²) in [5.74, 6) is -1.14. The first kappa shape index (κ1) is 17.9. The molecule has 2 saturated carbocycles. The molecule has 1 aromatic rings. The van der Waals surface area contributed by atoms with Gasteiger partial charge in [-0.25, -0.2) is 0 Å². The van der Waals surface area contributed by atoms with Crippen molar-refractivity contribution in [3.8, 4) is 0 Å². The monoisotopic (exact) mass is 375 g/mol. The first-order valence-corrected chi connectivity index (χ1v) is 8.95. The van der Waals surface area contributed by atoms with Crippen molar-refractivity contribution in [3.63, 3.8) is 0 Å². The lowest BCUT2D eigenvalue weighted by Crippen LogP contribution is -2.48. The molecule has 1 heterocycles. The normalized spacial score (nSPS) is 32.7. The summed E-state index contributed by atoms with van der Waals surface area (Å²) >= 11 is 0. The van der Waals surface area contributed by atoms with E-state index in [9.17, 15) is 19.7 Å². The molecule has 0 bridgehead atoms. The van der Waals surface area contributed by atoms with Crippen molar-refractivity contribution in [2.24, 2.45) is 16.7 Å². The van der Waals surface area contributed by atoms with Crippen LogP contribution in [0.15, 0.2) is 24.3 Å². The summed E-state index contributed by atoms with van der Waals surface area (Å²) in [7, 11) is 2.53. The van der Waals surface area contributed by atoms with Crippen LogP contribution in [0.2, 0.25) is 0 Å². The summed E-state index contributed by atoms with van der Waals surface area (Å²) in [6, 6.07) is 6.60. The summed E-state index contributed by atoms with van der Waals surface area (Å²) in [4.78, 5) is 36.0. The lowest BCUT2D eigenvalue weighted by atomic mass is 9.61. The van der Waals surface area contributed by atoms with E-state index in [1.807, 2.05) is 0 Å². The van der Waals surface area contributed by atoms with Gasteiger partial charge in [-0.2, -0.15) is 0 Å². The molecule has 27 heavy (non-hydrogen) atoms.